The molecule has 1 saturated heterocycles. The van der Waals surface area contributed by atoms with Crippen LogP contribution in [0.4, 0.5) is 5.69 Å². The van der Waals surface area contributed by atoms with E-state index in [1.54, 1.807) is 11.0 Å². The summed E-state index contributed by atoms with van der Waals surface area (Å²) < 4.78 is 5.52. The fraction of sp³-hybridized carbons (Fsp3) is 0.500. The Morgan fingerprint density at radius 2 is 2.32 bits per heavy atom. The molecule has 0 aromatic heterocycles. The first-order valence-corrected chi connectivity index (χ1v) is 6.96. The smallest absolute Gasteiger partial charge is 0.227 e. The summed E-state index contributed by atoms with van der Waals surface area (Å²) in [7, 11) is 0. The zero-order valence-electron chi connectivity index (χ0n) is 11.1. The van der Waals surface area contributed by atoms with E-state index in [-0.39, 0.29) is 11.8 Å². The van der Waals surface area contributed by atoms with Crippen LogP contribution in [0.25, 0.3) is 0 Å². The molecule has 5 heteroatoms. The Bertz CT molecular complexity index is 465. The number of rotatable bonds is 5. The Morgan fingerprint density at radius 3 is 2.89 bits per heavy atom. The van der Waals surface area contributed by atoms with Gasteiger partial charge in [0.15, 0.2) is 0 Å². The van der Waals surface area contributed by atoms with Crippen LogP contribution in [-0.4, -0.2) is 25.6 Å². The van der Waals surface area contributed by atoms with Crippen LogP contribution in [0.3, 0.4) is 0 Å². The monoisotopic (exact) mass is 282 g/mol. The molecule has 0 radical (unpaired) electrons. The topological polar surface area (TPSA) is 55.6 Å². The third-order valence-electron chi connectivity index (χ3n) is 3.23. The molecule has 1 aromatic rings. The van der Waals surface area contributed by atoms with Gasteiger partial charge in [-0.1, -0.05) is 18.5 Å². The van der Waals surface area contributed by atoms with Crippen molar-refractivity contribution in [2.24, 2.45) is 11.7 Å². The van der Waals surface area contributed by atoms with Gasteiger partial charge in [0.1, 0.15) is 5.75 Å². The average molecular weight is 283 g/mol. The number of nitrogens with two attached hydrogens (primary N) is 1. The molecule has 1 atom stereocenters. The molecule has 2 N–H and O–H groups in total. The molecule has 0 spiro atoms. The van der Waals surface area contributed by atoms with Gasteiger partial charge in [0, 0.05) is 18.7 Å². The highest BCUT2D eigenvalue weighted by Crippen LogP contribution is 2.32. The number of carbonyl (C=O) groups excluding carboxylic acids is 1. The van der Waals surface area contributed by atoms with Crippen molar-refractivity contribution in [2.75, 3.05) is 24.6 Å². The number of halogens is 1. The molecular weight excluding hydrogens is 264 g/mol. The summed E-state index contributed by atoms with van der Waals surface area (Å²) in [4.78, 5) is 13.7. The van der Waals surface area contributed by atoms with Crippen LogP contribution >= 0.6 is 11.6 Å². The summed E-state index contributed by atoms with van der Waals surface area (Å²) in [5.74, 6) is 1.00. The van der Waals surface area contributed by atoms with Gasteiger partial charge in [0.05, 0.1) is 11.6 Å². The lowest BCUT2D eigenvalue weighted by Crippen LogP contribution is -2.25. The van der Waals surface area contributed by atoms with E-state index in [2.05, 4.69) is 0 Å². The summed E-state index contributed by atoms with van der Waals surface area (Å²) in [6, 6.07) is 5.47. The predicted molar refractivity (Wildman–Crippen MR) is 76.8 cm³/mol. The fourth-order valence-electron chi connectivity index (χ4n) is 2.18. The molecule has 1 aliphatic rings. The van der Waals surface area contributed by atoms with E-state index < -0.39 is 0 Å². The highest BCUT2D eigenvalue weighted by Gasteiger charge is 2.29. The molecule has 1 fully saturated rings. The van der Waals surface area contributed by atoms with Gasteiger partial charge in [-0.25, -0.2) is 0 Å². The van der Waals surface area contributed by atoms with Gasteiger partial charge >= 0.3 is 0 Å². The van der Waals surface area contributed by atoms with Crippen molar-refractivity contribution in [3.05, 3.63) is 23.2 Å². The molecule has 2 rings (SSSR count). The quantitative estimate of drug-likeness (QED) is 0.902. The van der Waals surface area contributed by atoms with Crippen LogP contribution in [0, 0.1) is 5.92 Å². The maximum Gasteiger partial charge on any atom is 0.227 e. The maximum absolute atomic E-state index is 11.9. The Hall–Kier alpha value is -1.26. The number of amides is 1. The number of hydrogen-bond donors (Lipinski definition) is 1. The molecule has 4 nitrogen and oxygen atoms in total. The van der Waals surface area contributed by atoms with Crippen molar-refractivity contribution in [2.45, 2.75) is 19.8 Å². The molecular formula is C14H19ClN2O2. The molecule has 0 bridgehead atoms. The Kier molecular flexibility index (Phi) is 4.66. The summed E-state index contributed by atoms with van der Waals surface area (Å²) in [6.45, 7) is 3.88. The summed E-state index contributed by atoms with van der Waals surface area (Å²) in [6.07, 6.45) is 1.45. The second-order valence-electron chi connectivity index (χ2n) is 4.77. The SMILES string of the molecule is CCCOc1ccc(N2CC(CN)CC2=O)cc1Cl. The zero-order valence-corrected chi connectivity index (χ0v) is 11.8. The normalized spacial score (nSPS) is 19.0. The van der Waals surface area contributed by atoms with E-state index in [0.717, 1.165) is 12.1 Å². The van der Waals surface area contributed by atoms with Gasteiger partial charge in [-0.2, -0.15) is 0 Å². The van der Waals surface area contributed by atoms with Gasteiger partial charge < -0.3 is 15.4 Å². The van der Waals surface area contributed by atoms with E-state index in [0.29, 0.717) is 36.9 Å². The predicted octanol–water partition coefficient (Wildman–Crippen LogP) is 2.44. The lowest BCUT2D eigenvalue weighted by Gasteiger charge is -2.18. The van der Waals surface area contributed by atoms with E-state index in [1.165, 1.54) is 0 Å². The van der Waals surface area contributed by atoms with Crippen LogP contribution in [0.1, 0.15) is 19.8 Å². The Labute approximate surface area is 118 Å². The summed E-state index contributed by atoms with van der Waals surface area (Å²) in [5.41, 5.74) is 6.43. The summed E-state index contributed by atoms with van der Waals surface area (Å²) >= 11 is 6.17. The molecule has 19 heavy (non-hydrogen) atoms. The average Bonchev–Trinajstić information content (AvgIpc) is 2.78. The van der Waals surface area contributed by atoms with E-state index in [1.807, 2.05) is 19.1 Å². The molecule has 1 unspecified atom stereocenters. The fourth-order valence-corrected chi connectivity index (χ4v) is 2.41. The largest absolute Gasteiger partial charge is 0.492 e. The third kappa shape index (κ3) is 3.19. The number of anilines is 1. The molecule has 1 heterocycles. The van der Waals surface area contributed by atoms with Crippen molar-refractivity contribution in [3.8, 4) is 5.75 Å². The number of nitrogens with zero attached hydrogens (tertiary/aromatic N) is 1. The molecule has 0 aliphatic carbocycles. The molecule has 1 amide bonds. The minimum atomic E-state index is 0.105. The second kappa shape index (κ2) is 6.26. The minimum absolute atomic E-state index is 0.105. The van der Waals surface area contributed by atoms with Crippen molar-refractivity contribution < 1.29 is 9.53 Å². The zero-order chi connectivity index (χ0) is 13.8. The Morgan fingerprint density at radius 1 is 1.53 bits per heavy atom. The van der Waals surface area contributed by atoms with Crippen molar-refractivity contribution in [1.29, 1.82) is 0 Å². The molecule has 0 saturated carbocycles. The van der Waals surface area contributed by atoms with Crippen LogP contribution in [0.2, 0.25) is 5.02 Å². The van der Waals surface area contributed by atoms with Crippen LogP contribution in [0.15, 0.2) is 18.2 Å². The van der Waals surface area contributed by atoms with E-state index in [9.17, 15) is 4.79 Å². The Balaban J connectivity index is 2.13. The first-order chi connectivity index (χ1) is 9.15. The van der Waals surface area contributed by atoms with E-state index >= 15 is 0 Å². The maximum atomic E-state index is 11.9. The van der Waals surface area contributed by atoms with Crippen LogP contribution in [0.5, 0.6) is 5.75 Å². The number of carbonyl (C=O) groups is 1. The molecule has 104 valence electrons. The minimum Gasteiger partial charge on any atom is -0.492 e. The van der Waals surface area contributed by atoms with Crippen molar-refractivity contribution in [3.63, 3.8) is 0 Å². The highest BCUT2D eigenvalue weighted by atomic mass is 35.5. The highest BCUT2D eigenvalue weighted by molar-refractivity contribution is 6.32. The van der Waals surface area contributed by atoms with Crippen molar-refractivity contribution >= 4 is 23.2 Å². The molecule has 1 aromatic carbocycles. The number of ether oxygens (including phenoxy) is 1. The van der Waals surface area contributed by atoms with Gasteiger partial charge in [-0.15, -0.1) is 0 Å². The number of benzene rings is 1. The van der Waals surface area contributed by atoms with E-state index in [4.69, 9.17) is 22.1 Å². The van der Waals surface area contributed by atoms with Crippen LogP contribution in [-0.2, 0) is 4.79 Å². The van der Waals surface area contributed by atoms with Gasteiger partial charge in [0.25, 0.3) is 0 Å². The summed E-state index contributed by atoms with van der Waals surface area (Å²) in [5, 5.41) is 0.537. The lowest BCUT2D eigenvalue weighted by molar-refractivity contribution is -0.117. The van der Waals surface area contributed by atoms with Gasteiger partial charge in [-0.05, 0) is 37.1 Å². The lowest BCUT2D eigenvalue weighted by atomic mass is 10.1. The molecule has 1 aliphatic heterocycles. The second-order valence-corrected chi connectivity index (χ2v) is 5.18. The van der Waals surface area contributed by atoms with Gasteiger partial charge in [0.2, 0.25) is 5.91 Å². The first-order valence-electron chi connectivity index (χ1n) is 6.58. The number of hydrogen-bond acceptors (Lipinski definition) is 3. The van der Waals surface area contributed by atoms with Gasteiger partial charge in [-0.3, -0.25) is 4.79 Å². The van der Waals surface area contributed by atoms with Crippen molar-refractivity contribution in [1.82, 2.24) is 0 Å². The standard InChI is InChI=1S/C14H19ClN2O2/c1-2-5-19-13-4-3-11(7-12(13)15)17-9-10(8-16)6-14(17)18/h3-4,7,10H,2,5-6,8-9,16H2,1H3. The third-order valence-corrected chi connectivity index (χ3v) is 3.52. The first kappa shape index (κ1) is 14.2. The van der Waals surface area contributed by atoms with Crippen LogP contribution < -0.4 is 15.4 Å².